The first-order valence-electron chi connectivity index (χ1n) is 5.39. The third kappa shape index (κ3) is 2.83. The minimum atomic E-state index is -0.0798. The summed E-state index contributed by atoms with van der Waals surface area (Å²) in [6, 6.07) is 10.5. The van der Waals surface area contributed by atoms with Crippen molar-refractivity contribution in [2.75, 3.05) is 6.54 Å². The molecule has 0 saturated carbocycles. The number of rotatable bonds is 2. The van der Waals surface area contributed by atoms with Crippen molar-refractivity contribution in [1.29, 1.82) is 0 Å². The van der Waals surface area contributed by atoms with Crippen LogP contribution in [0, 0.1) is 0 Å². The van der Waals surface area contributed by atoms with Crippen LogP contribution in [0.5, 0.6) is 0 Å². The van der Waals surface area contributed by atoms with Gasteiger partial charge < -0.3 is 10.6 Å². The van der Waals surface area contributed by atoms with Crippen molar-refractivity contribution in [3.63, 3.8) is 0 Å². The van der Waals surface area contributed by atoms with Crippen LogP contribution in [0.25, 0.3) is 0 Å². The highest BCUT2D eigenvalue weighted by Crippen LogP contribution is 2.17. The van der Waals surface area contributed by atoms with Crippen molar-refractivity contribution in [2.24, 2.45) is 5.73 Å². The second-order valence-electron chi connectivity index (χ2n) is 4.63. The van der Waals surface area contributed by atoms with E-state index in [-0.39, 0.29) is 5.54 Å². The second kappa shape index (κ2) is 4.07. The molecule has 0 spiro atoms. The van der Waals surface area contributed by atoms with Crippen LogP contribution in [-0.2, 0) is 6.54 Å². The Morgan fingerprint density at radius 3 is 2.73 bits per heavy atom. The smallest absolute Gasteiger partial charge is 0.0424 e. The summed E-state index contributed by atoms with van der Waals surface area (Å²) in [5, 5.41) is 0. The molecule has 1 aliphatic heterocycles. The lowest BCUT2D eigenvalue weighted by Gasteiger charge is -2.34. The van der Waals surface area contributed by atoms with Crippen LogP contribution in [0.4, 0.5) is 0 Å². The molecular weight excluding hydrogens is 184 g/mol. The van der Waals surface area contributed by atoms with E-state index >= 15 is 0 Å². The van der Waals surface area contributed by atoms with Gasteiger partial charge in [-0.1, -0.05) is 36.4 Å². The number of nitrogens with two attached hydrogens (primary N) is 1. The lowest BCUT2D eigenvalue weighted by atomic mass is 9.96. The average molecular weight is 202 g/mol. The fraction of sp³-hybridized carbons (Fsp3) is 0.385. The van der Waals surface area contributed by atoms with Crippen LogP contribution in [0.15, 0.2) is 42.6 Å². The van der Waals surface area contributed by atoms with E-state index in [1.165, 1.54) is 5.56 Å². The van der Waals surface area contributed by atoms with Crippen molar-refractivity contribution in [3.8, 4) is 0 Å². The molecule has 2 nitrogen and oxygen atoms in total. The molecular formula is C13H18N2. The molecule has 1 aromatic carbocycles. The van der Waals surface area contributed by atoms with Crippen LogP contribution in [0.2, 0.25) is 0 Å². The second-order valence-corrected chi connectivity index (χ2v) is 4.63. The van der Waals surface area contributed by atoms with Crippen molar-refractivity contribution < 1.29 is 0 Å². The molecule has 2 rings (SSSR count). The first-order chi connectivity index (χ1) is 7.16. The molecule has 0 radical (unpaired) electrons. The zero-order valence-electron chi connectivity index (χ0n) is 9.19. The fourth-order valence-electron chi connectivity index (χ4n) is 1.98. The number of nitrogens with zero attached hydrogens (tertiary/aromatic N) is 1. The first-order valence-corrected chi connectivity index (χ1v) is 5.39. The Morgan fingerprint density at radius 1 is 1.33 bits per heavy atom. The first kappa shape index (κ1) is 10.2. The van der Waals surface area contributed by atoms with Gasteiger partial charge >= 0.3 is 0 Å². The van der Waals surface area contributed by atoms with Crippen molar-refractivity contribution in [1.82, 2.24) is 4.90 Å². The third-order valence-electron chi connectivity index (χ3n) is 2.69. The van der Waals surface area contributed by atoms with Gasteiger partial charge in [0, 0.05) is 18.6 Å². The van der Waals surface area contributed by atoms with Gasteiger partial charge in [0.1, 0.15) is 0 Å². The molecule has 1 aromatic rings. The van der Waals surface area contributed by atoms with E-state index in [0.29, 0.717) is 0 Å². The highest BCUT2D eigenvalue weighted by Gasteiger charge is 2.22. The predicted molar refractivity (Wildman–Crippen MR) is 63.2 cm³/mol. The van der Waals surface area contributed by atoms with Crippen LogP contribution in [0.3, 0.4) is 0 Å². The summed E-state index contributed by atoms with van der Waals surface area (Å²) in [7, 11) is 0. The molecule has 0 fully saturated rings. The zero-order valence-corrected chi connectivity index (χ0v) is 9.19. The molecule has 2 heteroatoms. The van der Waals surface area contributed by atoms with E-state index in [9.17, 15) is 0 Å². The quantitative estimate of drug-likeness (QED) is 0.796. The number of hydrogen-bond donors (Lipinski definition) is 1. The summed E-state index contributed by atoms with van der Waals surface area (Å²) < 4.78 is 0. The molecule has 0 aliphatic carbocycles. The predicted octanol–water partition coefficient (Wildman–Crippen LogP) is 2.12. The Bertz CT molecular complexity index is 341. The van der Waals surface area contributed by atoms with Crippen LogP contribution in [0.1, 0.15) is 18.9 Å². The van der Waals surface area contributed by atoms with Gasteiger partial charge in [-0.2, -0.15) is 0 Å². The molecule has 0 amide bonds. The summed E-state index contributed by atoms with van der Waals surface area (Å²) in [5.74, 6) is 0. The Labute approximate surface area is 91.4 Å². The Balaban J connectivity index is 2.02. The highest BCUT2D eigenvalue weighted by molar-refractivity contribution is 5.15. The molecule has 2 N–H and O–H groups in total. The maximum Gasteiger partial charge on any atom is 0.0424 e. The molecule has 80 valence electrons. The molecule has 1 unspecified atom stereocenters. The fourth-order valence-corrected chi connectivity index (χ4v) is 1.98. The van der Waals surface area contributed by atoms with Gasteiger partial charge in [0.05, 0.1) is 0 Å². The molecule has 0 saturated heterocycles. The molecule has 1 atom stereocenters. The van der Waals surface area contributed by atoms with Crippen molar-refractivity contribution in [2.45, 2.75) is 25.4 Å². The van der Waals surface area contributed by atoms with Gasteiger partial charge in [-0.3, -0.25) is 0 Å². The Morgan fingerprint density at radius 2 is 2.07 bits per heavy atom. The Hall–Kier alpha value is -1.28. The molecule has 0 bridgehead atoms. The summed E-state index contributed by atoms with van der Waals surface area (Å²) in [5.41, 5.74) is 7.38. The molecule has 15 heavy (non-hydrogen) atoms. The van der Waals surface area contributed by atoms with Gasteiger partial charge in [0.15, 0.2) is 0 Å². The van der Waals surface area contributed by atoms with Crippen LogP contribution >= 0.6 is 0 Å². The number of hydrogen-bond acceptors (Lipinski definition) is 2. The third-order valence-corrected chi connectivity index (χ3v) is 2.69. The lowest BCUT2D eigenvalue weighted by molar-refractivity contribution is 0.261. The average Bonchev–Trinajstić information content (AvgIpc) is 2.17. The molecule has 1 aliphatic rings. The number of benzene rings is 1. The summed E-state index contributed by atoms with van der Waals surface area (Å²) in [4.78, 5) is 2.28. The topological polar surface area (TPSA) is 29.3 Å². The normalized spacial score (nSPS) is 25.6. The van der Waals surface area contributed by atoms with E-state index in [1.54, 1.807) is 0 Å². The van der Waals surface area contributed by atoms with Crippen LogP contribution in [-0.4, -0.2) is 17.0 Å². The van der Waals surface area contributed by atoms with Crippen molar-refractivity contribution in [3.05, 3.63) is 48.2 Å². The summed E-state index contributed by atoms with van der Waals surface area (Å²) >= 11 is 0. The SMILES string of the molecule is CC1(N)CC=CN(Cc2ccccc2)C1. The minimum Gasteiger partial charge on any atom is -0.372 e. The summed E-state index contributed by atoms with van der Waals surface area (Å²) in [6.07, 6.45) is 5.28. The van der Waals surface area contributed by atoms with Gasteiger partial charge in [0.2, 0.25) is 0 Å². The van der Waals surface area contributed by atoms with Gasteiger partial charge in [-0.15, -0.1) is 0 Å². The monoisotopic (exact) mass is 202 g/mol. The Kier molecular flexibility index (Phi) is 2.78. The highest BCUT2D eigenvalue weighted by atomic mass is 15.1. The van der Waals surface area contributed by atoms with Gasteiger partial charge in [0.25, 0.3) is 0 Å². The maximum atomic E-state index is 6.13. The van der Waals surface area contributed by atoms with E-state index in [1.807, 2.05) is 6.07 Å². The van der Waals surface area contributed by atoms with Crippen molar-refractivity contribution >= 4 is 0 Å². The van der Waals surface area contributed by atoms with Crippen LogP contribution < -0.4 is 5.73 Å². The summed E-state index contributed by atoms with van der Waals surface area (Å²) in [6.45, 7) is 3.98. The zero-order chi connectivity index (χ0) is 10.7. The van der Waals surface area contributed by atoms with E-state index in [4.69, 9.17) is 5.73 Å². The van der Waals surface area contributed by atoms with E-state index in [2.05, 4.69) is 48.4 Å². The van der Waals surface area contributed by atoms with E-state index < -0.39 is 0 Å². The minimum absolute atomic E-state index is 0.0798. The maximum absolute atomic E-state index is 6.13. The lowest BCUT2D eigenvalue weighted by Crippen LogP contribution is -2.47. The standard InChI is InChI=1S/C13H18N2/c1-13(14)8-5-9-15(11-13)10-12-6-3-2-4-7-12/h2-7,9H,8,10-11,14H2,1H3. The van der Waals surface area contributed by atoms with Gasteiger partial charge in [-0.05, 0) is 25.1 Å². The largest absolute Gasteiger partial charge is 0.372 e. The molecule has 1 heterocycles. The molecule has 0 aromatic heterocycles. The van der Waals surface area contributed by atoms with E-state index in [0.717, 1.165) is 19.5 Å². The van der Waals surface area contributed by atoms with Gasteiger partial charge in [-0.25, -0.2) is 0 Å².